The summed E-state index contributed by atoms with van der Waals surface area (Å²) < 4.78 is 5.17. The Hall–Kier alpha value is -0.0800. The highest BCUT2D eigenvalue weighted by atomic mass is 16.5. The molecule has 0 spiro atoms. The van der Waals surface area contributed by atoms with Crippen LogP contribution in [-0.4, -0.2) is 19.3 Å². The van der Waals surface area contributed by atoms with Gasteiger partial charge >= 0.3 is 0 Å². The molecule has 3 unspecified atom stereocenters. The average molecular weight is 227 g/mol. The van der Waals surface area contributed by atoms with Gasteiger partial charge in [-0.1, -0.05) is 33.6 Å². The van der Waals surface area contributed by atoms with Gasteiger partial charge in [0.1, 0.15) is 0 Å². The van der Waals surface area contributed by atoms with Gasteiger partial charge in [0.05, 0.1) is 0 Å². The summed E-state index contributed by atoms with van der Waals surface area (Å²) in [6.45, 7) is 7.79. The Bertz CT molecular complexity index is 205. The standard InChI is InChI=1S/C14H29NO/c1-11(2)13-6-5-8-14(15,10-13)12(3)7-9-16-4/h11-13H,5-10,15H2,1-4H3. The lowest BCUT2D eigenvalue weighted by Crippen LogP contribution is -2.50. The van der Waals surface area contributed by atoms with E-state index in [9.17, 15) is 0 Å². The van der Waals surface area contributed by atoms with Crippen molar-refractivity contribution < 1.29 is 4.74 Å². The maximum atomic E-state index is 6.62. The van der Waals surface area contributed by atoms with Crippen molar-refractivity contribution in [1.82, 2.24) is 0 Å². The van der Waals surface area contributed by atoms with Crippen LogP contribution >= 0.6 is 0 Å². The van der Waals surface area contributed by atoms with Gasteiger partial charge in [0.25, 0.3) is 0 Å². The van der Waals surface area contributed by atoms with E-state index < -0.39 is 0 Å². The van der Waals surface area contributed by atoms with Gasteiger partial charge in [-0.3, -0.25) is 0 Å². The Kier molecular flexibility index (Phi) is 5.26. The van der Waals surface area contributed by atoms with Gasteiger partial charge in [0, 0.05) is 19.3 Å². The molecule has 0 aliphatic heterocycles. The zero-order valence-corrected chi connectivity index (χ0v) is 11.5. The molecule has 0 radical (unpaired) electrons. The first-order valence-electron chi connectivity index (χ1n) is 6.77. The maximum Gasteiger partial charge on any atom is 0.0465 e. The third-order valence-corrected chi connectivity index (χ3v) is 4.54. The predicted octanol–water partition coefficient (Wildman–Crippen LogP) is 3.20. The number of hydrogen-bond acceptors (Lipinski definition) is 2. The Labute approximate surface area is 101 Å². The molecular formula is C14H29NO. The highest BCUT2D eigenvalue weighted by molar-refractivity contribution is 4.95. The zero-order valence-electron chi connectivity index (χ0n) is 11.5. The molecule has 0 saturated heterocycles. The molecule has 1 rings (SSSR count). The van der Waals surface area contributed by atoms with E-state index in [1.54, 1.807) is 7.11 Å². The molecule has 2 N–H and O–H groups in total. The van der Waals surface area contributed by atoms with Crippen molar-refractivity contribution in [2.75, 3.05) is 13.7 Å². The molecule has 1 aliphatic rings. The zero-order chi connectivity index (χ0) is 12.2. The molecule has 2 heteroatoms. The fourth-order valence-corrected chi connectivity index (χ4v) is 2.98. The number of ether oxygens (including phenoxy) is 1. The monoisotopic (exact) mass is 227 g/mol. The maximum absolute atomic E-state index is 6.62. The largest absolute Gasteiger partial charge is 0.385 e. The SMILES string of the molecule is COCCC(C)C1(N)CCCC(C(C)C)C1. The highest BCUT2D eigenvalue weighted by Crippen LogP contribution is 2.39. The Morgan fingerprint density at radius 1 is 1.38 bits per heavy atom. The smallest absolute Gasteiger partial charge is 0.0465 e. The van der Waals surface area contributed by atoms with Gasteiger partial charge in [0.15, 0.2) is 0 Å². The fourth-order valence-electron chi connectivity index (χ4n) is 2.98. The molecule has 0 aromatic heterocycles. The van der Waals surface area contributed by atoms with Gasteiger partial charge in [0.2, 0.25) is 0 Å². The van der Waals surface area contributed by atoms with E-state index >= 15 is 0 Å². The van der Waals surface area contributed by atoms with Crippen LogP contribution in [0.15, 0.2) is 0 Å². The molecule has 1 saturated carbocycles. The third-order valence-electron chi connectivity index (χ3n) is 4.54. The predicted molar refractivity (Wildman–Crippen MR) is 69.4 cm³/mol. The van der Waals surface area contributed by atoms with Gasteiger partial charge < -0.3 is 10.5 Å². The van der Waals surface area contributed by atoms with Gasteiger partial charge in [-0.05, 0) is 37.0 Å². The summed E-state index contributed by atoms with van der Waals surface area (Å²) in [5.41, 5.74) is 6.68. The second-order valence-electron chi connectivity index (χ2n) is 6.02. The van der Waals surface area contributed by atoms with E-state index in [-0.39, 0.29) is 5.54 Å². The average Bonchev–Trinajstić information content (AvgIpc) is 2.25. The van der Waals surface area contributed by atoms with Crippen LogP contribution in [-0.2, 0) is 4.74 Å². The topological polar surface area (TPSA) is 35.2 Å². The molecule has 0 heterocycles. The van der Waals surface area contributed by atoms with E-state index in [4.69, 9.17) is 10.5 Å². The molecule has 2 nitrogen and oxygen atoms in total. The minimum Gasteiger partial charge on any atom is -0.385 e. The van der Waals surface area contributed by atoms with Gasteiger partial charge in [-0.15, -0.1) is 0 Å². The summed E-state index contributed by atoms with van der Waals surface area (Å²) in [7, 11) is 1.77. The summed E-state index contributed by atoms with van der Waals surface area (Å²) >= 11 is 0. The van der Waals surface area contributed by atoms with Crippen LogP contribution in [0.4, 0.5) is 0 Å². The number of hydrogen-bond donors (Lipinski definition) is 1. The first-order chi connectivity index (χ1) is 7.49. The first kappa shape index (κ1) is 14.0. The molecule has 0 bridgehead atoms. The van der Waals surface area contributed by atoms with Crippen LogP contribution in [0.5, 0.6) is 0 Å². The van der Waals surface area contributed by atoms with Crippen molar-refractivity contribution in [2.24, 2.45) is 23.5 Å². The van der Waals surface area contributed by atoms with Crippen molar-refractivity contribution in [3.8, 4) is 0 Å². The molecule has 0 aromatic carbocycles. The molecule has 16 heavy (non-hydrogen) atoms. The minimum absolute atomic E-state index is 0.0612. The second kappa shape index (κ2) is 6.02. The summed E-state index contributed by atoms with van der Waals surface area (Å²) in [6, 6.07) is 0. The van der Waals surface area contributed by atoms with E-state index in [0.717, 1.165) is 24.9 Å². The Morgan fingerprint density at radius 3 is 2.62 bits per heavy atom. The molecule has 1 aliphatic carbocycles. The molecular weight excluding hydrogens is 198 g/mol. The summed E-state index contributed by atoms with van der Waals surface area (Å²) in [5, 5.41) is 0. The lowest BCUT2D eigenvalue weighted by molar-refractivity contribution is 0.104. The first-order valence-corrected chi connectivity index (χ1v) is 6.77. The van der Waals surface area contributed by atoms with Crippen molar-refractivity contribution in [2.45, 2.75) is 58.4 Å². The normalized spacial score (nSPS) is 33.0. The van der Waals surface area contributed by atoms with Crippen molar-refractivity contribution >= 4 is 0 Å². The Balaban J connectivity index is 2.54. The highest BCUT2D eigenvalue weighted by Gasteiger charge is 2.37. The lowest BCUT2D eigenvalue weighted by atomic mass is 9.67. The van der Waals surface area contributed by atoms with Crippen LogP contribution < -0.4 is 5.73 Å². The summed E-state index contributed by atoms with van der Waals surface area (Å²) in [4.78, 5) is 0. The van der Waals surface area contributed by atoms with Crippen molar-refractivity contribution in [3.63, 3.8) is 0 Å². The van der Waals surface area contributed by atoms with Crippen LogP contribution in [0.25, 0.3) is 0 Å². The van der Waals surface area contributed by atoms with Crippen LogP contribution in [0.3, 0.4) is 0 Å². The molecule has 0 amide bonds. The van der Waals surface area contributed by atoms with E-state index in [0.29, 0.717) is 5.92 Å². The quantitative estimate of drug-likeness (QED) is 0.783. The van der Waals surface area contributed by atoms with Crippen molar-refractivity contribution in [3.05, 3.63) is 0 Å². The third kappa shape index (κ3) is 3.46. The number of rotatable bonds is 5. The van der Waals surface area contributed by atoms with Crippen LogP contribution in [0, 0.1) is 17.8 Å². The molecule has 1 fully saturated rings. The van der Waals surface area contributed by atoms with Gasteiger partial charge in [-0.25, -0.2) is 0 Å². The summed E-state index contributed by atoms with van der Waals surface area (Å²) in [6.07, 6.45) is 6.17. The van der Waals surface area contributed by atoms with Crippen LogP contribution in [0.1, 0.15) is 52.9 Å². The Morgan fingerprint density at radius 2 is 2.06 bits per heavy atom. The molecule has 96 valence electrons. The van der Waals surface area contributed by atoms with Crippen molar-refractivity contribution in [1.29, 1.82) is 0 Å². The van der Waals surface area contributed by atoms with Crippen LogP contribution in [0.2, 0.25) is 0 Å². The number of methoxy groups -OCH3 is 1. The summed E-state index contributed by atoms with van der Waals surface area (Å²) in [5.74, 6) is 2.18. The number of nitrogens with two attached hydrogens (primary N) is 1. The van der Waals surface area contributed by atoms with E-state index in [2.05, 4.69) is 20.8 Å². The minimum atomic E-state index is 0.0612. The second-order valence-corrected chi connectivity index (χ2v) is 6.02. The van der Waals surface area contributed by atoms with E-state index in [1.165, 1.54) is 25.7 Å². The fraction of sp³-hybridized carbons (Fsp3) is 1.00. The van der Waals surface area contributed by atoms with E-state index in [1.807, 2.05) is 0 Å². The molecule has 3 atom stereocenters. The lowest BCUT2D eigenvalue weighted by Gasteiger charge is -2.43. The van der Waals surface area contributed by atoms with Gasteiger partial charge in [-0.2, -0.15) is 0 Å². The molecule has 0 aromatic rings.